The number of hydrogen-bond acceptors (Lipinski definition) is 4. The van der Waals surface area contributed by atoms with Crippen LogP contribution in [0.3, 0.4) is 0 Å². The molecule has 5 nitrogen and oxygen atoms in total. The molecule has 0 radical (unpaired) electrons. The van der Waals surface area contributed by atoms with E-state index in [1.54, 1.807) is 20.4 Å². The van der Waals surface area contributed by atoms with Gasteiger partial charge >= 0.3 is 0 Å². The molecule has 20 heavy (non-hydrogen) atoms. The second-order valence-corrected chi connectivity index (χ2v) is 5.25. The van der Waals surface area contributed by atoms with Crippen LogP contribution in [0.15, 0.2) is 6.20 Å². The van der Waals surface area contributed by atoms with E-state index in [0.717, 1.165) is 30.8 Å². The van der Waals surface area contributed by atoms with E-state index in [4.69, 9.17) is 9.47 Å². The van der Waals surface area contributed by atoms with Crippen LogP contribution in [0.4, 0.5) is 0 Å². The van der Waals surface area contributed by atoms with E-state index in [9.17, 15) is 0 Å². The van der Waals surface area contributed by atoms with Crippen LogP contribution in [0.2, 0.25) is 0 Å². The minimum atomic E-state index is 0.0878. The summed E-state index contributed by atoms with van der Waals surface area (Å²) in [6.07, 6.45) is 3.90. The second-order valence-electron chi connectivity index (χ2n) is 5.25. The van der Waals surface area contributed by atoms with Crippen LogP contribution in [0, 0.1) is 0 Å². The smallest absolute Gasteiger partial charge is 0.161 e. The molecule has 1 rings (SSSR count). The number of methoxy groups -OCH3 is 2. The molecule has 0 saturated carbocycles. The van der Waals surface area contributed by atoms with Crippen molar-refractivity contribution in [2.75, 3.05) is 20.8 Å². The standard InChI is InChI=1S/C15H29N3O2/c1-7-9-16-14(12(8-2)19-5)15-13(20-6)10-17-18(15)11(3)4/h10-12,14,16H,7-9H2,1-6H3. The molecule has 0 aliphatic heterocycles. The molecule has 2 unspecified atom stereocenters. The Morgan fingerprint density at radius 2 is 2.00 bits per heavy atom. The first kappa shape index (κ1) is 17.0. The van der Waals surface area contributed by atoms with Crippen LogP contribution in [0.1, 0.15) is 58.3 Å². The number of rotatable bonds is 9. The fraction of sp³-hybridized carbons (Fsp3) is 0.800. The normalized spacial score (nSPS) is 14.6. The van der Waals surface area contributed by atoms with Gasteiger partial charge in [-0.1, -0.05) is 13.8 Å². The minimum Gasteiger partial charge on any atom is -0.493 e. The first-order chi connectivity index (χ1) is 9.60. The molecular formula is C15H29N3O2. The maximum Gasteiger partial charge on any atom is 0.161 e. The van der Waals surface area contributed by atoms with Crippen molar-refractivity contribution >= 4 is 0 Å². The third kappa shape index (κ3) is 3.73. The quantitative estimate of drug-likeness (QED) is 0.757. The Hall–Kier alpha value is -1.07. The number of nitrogens with zero attached hydrogens (tertiary/aromatic N) is 2. The number of ether oxygens (including phenoxy) is 2. The van der Waals surface area contributed by atoms with E-state index >= 15 is 0 Å². The zero-order valence-corrected chi connectivity index (χ0v) is 13.6. The van der Waals surface area contributed by atoms with Crippen LogP contribution >= 0.6 is 0 Å². The fourth-order valence-electron chi connectivity index (χ4n) is 2.46. The van der Waals surface area contributed by atoms with Gasteiger partial charge in [-0.2, -0.15) is 5.10 Å². The molecule has 5 heteroatoms. The highest BCUT2D eigenvalue weighted by atomic mass is 16.5. The van der Waals surface area contributed by atoms with Crippen LogP contribution < -0.4 is 10.1 Å². The summed E-state index contributed by atoms with van der Waals surface area (Å²) in [6.45, 7) is 9.49. The maximum atomic E-state index is 5.66. The zero-order valence-electron chi connectivity index (χ0n) is 13.6. The molecule has 0 saturated heterocycles. The molecule has 0 aromatic carbocycles. The van der Waals surface area contributed by atoms with E-state index in [-0.39, 0.29) is 18.2 Å². The van der Waals surface area contributed by atoms with E-state index in [1.165, 1.54) is 0 Å². The molecule has 0 aliphatic rings. The second kappa shape index (κ2) is 8.27. The summed E-state index contributed by atoms with van der Waals surface area (Å²) in [5.74, 6) is 0.822. The molecule has 0 amide bonds. The van der Waals surface area contributed by atoms with Gasteiger partial charge in [-0.05, 0) is 33.2 Å². The Labute approximate surface area is 122 Å². The minimum absolute atomic E-state index is 0.0878. The van der Waals surface area contributed by atoms with Crippen LogP contribution in [0.25, 0.3) is 0 Å². The summed E-state index contributed by atoms with van der Waals surface area (Å²) in [4.78, 5) is 0. The highest BCUT2D eigenvalue weighted by Crippen LogP contribution is 2.31. The maximum absolute atomic E-state index is 5.66. The van der Waals surface area contributed by atoms with Gasteiger partial charge < -0.3 is 14.8 Å². The highest BCUT2D eigenvalue weighted by molar-refractivity contribution is 5.29. The lowest BCUT2D eigenvalue weighted by molar-refractivity contribution is 0.0609. The van der Waals surface area contributed by atoms with Crippen molar-refractivity contribution in [1.29, 1.82) is 0 Å². The molecule has 0 fully saturated rings. The lowest BCUT2D eigenvalue weighted by Gasteiger charge is -2.28. The Kier molecular flexibility index (Phi) is 7.02. The Morgan fingerprint density at radius 3 is 2.45 bits per heavy atom. The molecule has 1 aromatic rings. The van der Waals surface area contributed by atoms with E-state index < -0.39 is 0 Å². The van der Waals surface area contributed by atoms with Gasteiger partial charge in [0.2, 0.25) is 0 Å². The summed E-state index contributed by atoms with van der Waals surface area (Å²) in [5, 5.41) is 8.04. The molecule has 0 bridgehead atoms. The van der Waals surface area contributed by atoms with Gasteiger partial charge in [0.1, 0.15) is 5.69 Å². The highest BCUT2D eigenvalue weighted by Gasteiger charge is 2.29. The third-order valence-corrected chi connectivity index (χ3v) is 3.49. The topological polar surface area (TPSA) is 48.3 Å². The van der Waals surface area contributed by atoms with Gasteiger partial charge in [-0.15, -0.1) is 0 Å². The lowest BCUT2D eigenvalue weighted by atomic mass is 10.0. The molecular weight excluding hydrogens is 254 g/mol. The molecule has 116 valence electrons. The third-order valence-electron chi connectivity index (χ3n) is 3.49. The Balaban J connectivity index is 3.19. The van der Waals surface area contributed by atoms with E-state index in [2.05, 4.69) is 38.1 Å². The van der Waals surface area contributed by atoms with Crippen LogP contribution in [-0.2, 0) is 4.74 Å². The van der Waals surface area contributed by atoms with Gasteiger partial charge in [0.05, 0.1) is 25.5 Å². The summed E-state index contributed by atoms with van der Waals surface area (Å²) in [7, 11) is 3.45. The van der Waals surface area contributed by atoms with E-state index in [1.807, 2.05) is 4.68 Å². The molecule has 1 N–H and O–H groups in total. The molecule has 0 aliphatic carbocycles. The fourth-order valence-corrected chi connectivity index (χ4v) is 2.46. The lowest BCUT2D eigenvalue weighted by Crippen LogP contribution is -2.35. The van der Waals surface area contributed by atoms with Crippen molar-refractivity contribution in [1.82, 2.24) is 15.1 Å². The molecule has 0 spiro atoms. The van der Waals surface area contributed by atoms with Crippen molar-refractivity contribution in [3.63, 3.8) is 0 Å². The predicted octanol–water partition coefficient (Wildman–Crippen LogP) is 2.94. The summed E-state index contributed by atoms with van der Waals surface area (Å²) < 4.78 is 13.2. The molecule has 1 heterocycles. The molecule has 1 aromatic heterocycles. The number of aromatic nitrogens is 2. The van der Waals surface area contributed by atoms with Crippen molar-refractivity contribution in [3.8, 4) is 5.75 Å². The number of hydrogen-bond donors (Lipinski definition) is 1. The summed E-state index contributed by atoms with van der Waals surface area (Å²) >= 11 is 0. The molecule has 2 atom stereocenters. The SMILES string of the molecule is CCCNC(c1c(OC)cnn1C(C)C)C(CC)OC. The first-order valence-corrected chi connectivity index (χ1v) is 7.48. The van der Waals surface area contributed by atoms with Gasteiger partial charge in [-0.3, -0.25) is 4.68 Å². The summed E-state index contributed by atoms with van der Waals surface area (Å²) in [5.41, 5.74) is 1.07. The predicted molar refractivity (Wildman–Crippen MR) is 81.3 cm³/mol. The monoisotopic (exact) mass is 283 g/mol. The van der Waals surface area contributed by atoms with Crippen molar-refractivity contribution < 1.29 is 9.47 Å². The average Bonchev–Trinajstić information content (AvgIpc) is 2.87. The van der Waals surface area contributed by atoms with Crippen molar-refractivity contribution in [2.45, 2.75) is 58.7 Å². The van der Waals surface area contributed by atoms with Gasteiger partial charge in [-0.25, -0.2) is 0 Å². The van der Waals surface area contributed by atoms with E-state index in [0.29, 0.717) is 0 Å². The average molecular weight is 283 g/mol. The summed E-state index contributed by atoms with van der Waals surface area (Å²) in [6, 6.07) is 0.374. The van der Waals surface area contributed by atoms with Crippen molar-refractivity contribution in [2.24, 2.45) is 0 Å². The largest absolute Gasteiger partial charge is 0.493 e. The van der Waals surface area contributed by atoms with Crippen LogP contribution in [0.5, 0.6) is 5.75 Å². The van der Waals surface area contributed by atoms with Gasteiger partial charge in [0.25, 0.3) is 0 Å². The number of nitrogens with one attached hydrogen (secondary N) is 1. The first-order valence-electron chi connectivity index (χ1n) is 7.48. The Bertz CT molecular complexity index is 386. The van der Waals surface area contributed by atoms with Crippen LogP contribution in [-0.4, -0.2) is 36.6 Å². The van der Waals surface area contributed by atoms with Crippen molar-refractivity contribution in [3.05, 3.63) is 11.9 Å². The Morgan fingerprint density at radius 1 is 1.30 bits per heavy atom. The van der Waals surface area contributed by atoms with Gasteiger partial charge in [0, 0.05) is 13.2 Å². The zero-order chi connectivity index (χ0) is 15.1. The van der Waals surface area contributed by atoms with Gasteiger partial charge in [0.15, 0.2) is 5.75 Å².